The Morgan fingerprint density at radius 2 is 1.94 bits per heavy atom. The summed E-state index contributed by atoms with van der Waals surface area (Å²) in [4.78, 5) is 11.5. The normalized spacial score (nSPS) is 10.9. The predicted molar refractivity (Wildman–Crippen MR) is 72.3 cm³/mol. The molecule has 16 heavy (non-hydrogen) atoms. The van der Waals surface area contributed by atoms with Crippen molar-refractivity contribution in [3.63, 3.8) is 0 Å². The van der Waals surface area contributed by atoms with Crippen molar-refractivity contribution in [3.05, 3.63) is 40.4 Å². The summed E-state index contributed by atoms with van der Waals surface area (Å²) in [5, 5.41) is 0. The van der Waals surface area contributed by atoms with E-state index in [4.69, 9.17) is 0 Å². The second-order valence-corrected chi connectivity index (χ2v) is 4.72. The Hall–Kier alpha value is -0.890. The Morgan fingerprint density at radius 3 is 2.56 bits per heavy atom. The van der Waals surface area contributed by atoms with Crippen LogP contribution in [-0.2, 0) is 4.79 Å². The zero-order valence-electron chi connectivity index (χ0n) is 9.58. The van der Waals surface area contributed by atoms with E-state index in [-0.39, 0.29) is 5.78 Å². The van der Waals surface area contributed by atoms with Crippen molar-refractivity contribution in [2.24, 2.45) is 0 Å². The number of unbranched alkanes of at least 4 members (excludes halogenated alkanes) is 2. The van der Waals surface area contributed by atoms with Gasteiger partial charge in [-0.25, -0.2) is 0 Å². The summed E-state index contributed by atoms with van der Waals surface area (Å²) < 4.78 is 1.05. The Bertz CT molecular complexity index is 352. The maximum absolute atomic E-state index is 11.5. The minimum Gasteiger partial charge on any atom is -0.295 e. The van der Waals surface area contributed by atoms with Gasteiger partial charge in [-0.05, 0) is 30.2 Å². The average molecular weight is 281 g/mol. The SMILES string of the molecule is CCCCCC(=O)/C=C/c1ccc(Br)cc1. The van der Waals surface area contributed by atoms with E-state index < -0.39 is 0 Å². The quantitative estimate of drug-likeness (QED) is 0.549. The Morgan fingerprint density at radius 1 is 1.25 bits per heavy atom. The van der Waals surface area contributed by atoms with Gasteiger partial charge in [0.15, 0.2) is 5.78 Å². The lowest BCUT2D eigenvalue weighted by atomic mass is 10.1. The first-order valence-corrected chi connectivity index (χ1v) is 6.48. The van der Waals surface area contributed by atoms with E-state index in [1.54, 1.807) is 6.08 Å². The van der Waals surface area contributed by atoms with Crippen LogP contribution < -0.4 is 0 Å². The van der Waals surface area contributed by atoms with Crippen LogP contribution in [0.4, 0.5) is 0 Å². The molecule has 0 aliphatic heterocycles. The van der Waals surface area contributed by atoms with Crippen molar-refractivity contribution in [1.82, 2.24) is 0 Å². The molecule has 86 valence electrons. The summed E-state index contributed by atoms with van der Waals surface area (Å²) in [6.07, 6.45) is 7.52. The number of ketones is 1. The molecule has 1 nitrogen and oxygen atoms in total. The second kappa shape index (κ2) is 7.39. The molecule has 0 bridgehead atoms. The number of carbonyl (C=O) groups is 1. The fourth-order valence-electron chi connectivity index (χ4n) is 1.40. The van der Waals surface area contributed by atoms with Crippen molar-refractivity contribution in [2.45, 2.75) is 32.6 Å². The number of benzene rings is 1. The standard InChI is InChI=1S/C14H17BrO/c1-2-3-4-5-14(16)11-8-12-6-9-13(15)10-7-12/h6-11H,2-5H2,1H3/b11-8+. The number of rotatable bonds is 6. The van der Waals surface area contributed by atoms with E-state index in [9.17, 15) is 4.79 Å². The summed E-state index contributed by atoms with van der Waals surface area (Å²) in [7, 11) is 0. The molecule has 0 amide bonds. The van der Waals surface area contributed by atoms with Crippen LogP contribution in [0.1, 0.15) is 38.2 Å². The molecule has 0 N–H and O–H groups in total. The number of allylic oxidation sites excluding steroid dienone is 1. The molecule has 1 rings (SSSR count). The molecule has 0 atom stereocenters. The molecular weight excluding hydrogens is 264 g/mol. The zero-order chi connectivity index (χ0) is 11.8. The lowest BCUT2D eigenvalue weighted by molar-refractivity contribution is -0.114. The topological polar surface area (TPSA) is 17.1 Å². The van der Waals surface area contributed by atoms with Crippen LogP contribution in [0.3, 0.4) is 0 Å². The van der Waals surface area contributed by atoms with Crippen LogP contribution in [0, 0.1) is 0 Å². The summed E-state index contributed by atoms with van der Waals surface area (Å²) in [6.45, 7) is 2.14. The van der Waals surface area contributed by atoms with Gasteiger partial charge in [0.25, 0.3) is 0 Å². The third kappa shape index (κ3) is 5.26. The Labute approximate surface area is 106 Å². The van der Waals surface area contributed by atoms with Crippen molar-refractivity contribution < 1.29 is 4.79 Å². The van der Waals surface area contributed by atoms with Gasteiger partial charge in [0.2, 0.25) is 0 Å². The largest absolute Gasteiger partial charge is 0.295 e. The molecule has 0 unspecified atom stereocenters. The molecule has 0 heterocycles. The fraction of sp³-hybridized carbons (Fsp3) is 0.357. The smallest absolute Gasteiger partial charge is 0.155 e. The monoisotopic (exact) mass is 280 g/mol. The van der Waals surface area contributed by atoms with E-state index in [0.29, 0.717) is 6.42 Å². The van der Waals surface area contributed by atoms with E-state index in [1.165, 1.54) is 0 Å². The van der Waals surface area contributed by atoms with Gasteiger partial charge in [0.05, 0.1) is 0 Å². The van der Waals surface area contributed by atoms with Crippen LogP contribution in [0.2, 0.25) is 0 Å². The van der Waals surface area contributed by atoms with Crippen molar-refractivity contribution >= 4 is 27.8 Å². The molecule has 1 aromatic carbocycles. The van der Waals surface area contributed by atoms with Gasteiger partial charge in [-0.2, -0.15) is 0 Å². The molecule has 0 aromatic heterocycles. The van der Waals surface area contributed by atoms with Gasteiger partial charge >= 0.3 is 0 Å². The number of hydrogen-bond donors (Lipinski definition) is 0. The molecule has 0 spiro atoms. The highest BCUT2D eigenvalue weighted by Gasteiger charge is 1.96. The molecule has 0 fully saturated rings. The zero-order valence-corrected chi connectivity index (χ0v) is 11.2. The molecule has 0 saturated heterocycles. The van der Waals surface area contributed by atoms with Crippen LogP contribution in [-0.4, -0.2) is 5.78 Å². The summed E-state index contributed by atoms with van der Waals surface area (Å²) in [6, 6.07) is 7.92. The first-order valence-electron chi connectivity index (χ1n) is 5.69. The third-order valence-corrected chi connectivity index (χ3v) is 2.89. The summed E-state index contributed by atoms with van der Waals surface area (Å²) in [5.41, 5.74) is 1.06. The third-order valence-electron chi connectivity index (χ3n) is 2.36. The van der Waals surface area contributed by atoms with Gasteiger partial charge in [0.1, 0.15) is 0 Å². The van der Waals surface area contributed by atoms with E-state index in [0.717, 1.165) is 29.3 Å². The van der Waals surface area contributed by atoms with Gasteiger partial charge in [-0.3, -0.25) is 4.79 Å². The molecule has 1 aromatic rings. The number of carbonyl (C=O) groups excluding carboxylic acids is 1. The number of halogens is 1. The van der Waals surface area contributed by atoms with Gasteiger partial charge in [-0.15, -0.1) is 0 Å². The highest BCUT2D eigenvalue weighted by atomic mass is 79.9. The first-order chi connectivity index (χ1) is 7.72. The molecule has 2 heteroatoms. The molecule has 0 saturated carbocycles. The molecule has 0 aliphatic rings. The Kier molecular flexibility index (Phi) is 6.09. The van der Waals surface area contributed by atoms with Crippen LogP contribution in [0.5, 0.6) is 0 Å². The Balaban J connectivity index is 2.41. The van der Waals surface area contributed by atoms with Crippen LogP contribution in [0.25, 0.3) is 6.08 Å². The minimum atomic E-state index is 0.219. The first kappa shape index (κ1) is 13.2. The van der Waals surface area contributed by atoms with Gasteiger partial charge < -0.3 is 0 Å². The van der Waals surface area contributed by atoms with E-state index in [2.05, 4.69) is 22.9 Å². The lowest BCUT2D eigenvalue weighted by Gasteiger charge is -1.95. The minimum absolute atomic E-state index is 0.219. The van der Waals surface area contributed by atoms with Gasteiger partial charge in [0, 0.05) is 10.9 Å². The van der Waals surface area contributed by atoms with Crippen molar-refractivity contribution in [1.29, 1.82) is 0 Å². The molecular formula is C14H17BrO. The van der Waals surface area contributed by atoms with E-state index >= 15 is 0 Å². The van der Waals surface area contributed by atoms with E-state index in [1.807, 2.05) is 30.3 Å². The fourth-order valence-corrected chi connectivity index (χ4v) is 1.66. The predicted octanol–water partition coefficient (Wildman–Crippen LogP) is 4.61. The summed E-state index contributed by atoms with van der Waals surface area (Å²) >= 11 is 3.38. The maximum Gasteiger partial charge on any atom is 0.155 e. The van der Waals surface area contributed by atoms with Crippen molar-refractivity contribution in [2.75, 3.05) is 0 Å². The van der Waals surface area contributed by atoms with Crippen LogP contribution in [0.15, 0.2) is 34.8 Å². The average Bonchev–Trinajstić information content (AvgIpc) is 2.29. The molecule has 0 radical (unpaired) electrons. The lowest BCUT2D eigenvalue weighted by Crippen LogP contribution is -1.91. The maximum atomic E-state index is 11.5. The van der Waals surface area contributed by atoms with Gasteiger partial charge in [-0.1, -0.05) is 53.9 Å². The molecule has 0 aliphatic carbocycles. The second-order valence-electron chi connectivity index (χ2n) is 3.81. The van der Waals surface area contributed by atoms with Crippen molar-refractivity contribution in [3.8, 4) is 0 Å². The number of hydrogen-bond acceptors (Lipinski definition) is 1. The highest BCUT2D eigenvalue weighted by molar-refractivity contribution is 9.10. The summed E-state index contributed by atoms with van der Waals surface area (Å²) in [5.74, 6) is 0.219. The highest BCUT2D eigenvalue weighted by Crippen LogP contribution is 2.11. The van der Waals surface area contributed by atoms with Crippen LogP contribution >= 0.6 is 15.9 Å².